The number of hydrogen-bond donors (Lipinski definition) is 1. The van der Waals surface area contributed by atoms with Gasteiger partial charge in [0, 0.05) is 0 Å². The van der Waals surface area contributed by atoms with Crippen LogP contribution in [0.5, 0.6) is 0 Å². The third kappa shape index (κ3) is 334. The van der Waals surface area contributed by atoms with E-state index in [1.807, 2.05) is 20.8 Å². The van der Waals surface area contributed by atoms with Gasteiger partial charge in [-0.3, -0.25) is 0 Å². The molecule has 0 spiro atoms. The van der Waals surface area contributed by atoms with Crippen molar-refractivity contribution in [1.29, 1.82) is 3.76 Å². The van der Waals surface area contributed by atoms with Gasteiger partial charge in [0.25, 0.3) is 0 Å². The third-order valence-electron chi connectivity index (χ3n) is 0.949. The van der Waals surface area contributed by atoms with Crippen molar-refractivity contribution in [2.45, 2.75) is 41.5 Å². The van der Waals surface area contributed by atoms with E-state index in [0.717, 1.165) is 19.6 Å². The molecule has 0 aliphatic rings. The van der Waals surface area contributed by atoms with Crippen molar-refractivity contribution in [1.82, 2.24) is 0 Å². The van der Waals surface area contributed by atoms with Crippen LogP contribution in [0.4, 0.5) is 0 Å². The van der Waals surface area contributed by atoms with Crippen LogP contribution >= 0.6 is 0 Å². The van der Waals surface area contributed by atoms with E-state index in [-0.39, 0.29) is 0 Å². The Morgan fingerprint density at radius 1 is 0.722 bits per heavy atom. The fourth-order valence-corrected chi connectivity index (χ4v) is 0. The van der Waals surface area contributed by atoms with Gasteiger partial charge in [-0.05, 0) is 0 Å². The average Bonchev–Trinajstić information content (AvgIpc) is 2.40. The van der Waals surface area contributed by atoms with Gasteiger partial charge in [-0.1, -0.05) is 20.8 Å². The van der Waals surface area contributed by atoms with Crippen molar-refractivity contribution in [3.8, 4) is 0 Å². The quantitative estimate of drug-likeness (QED) is 0.620. The molecule has 0 bridgehead atoms. The first-order chi connectivity index (χ1) is 8.47. The molecule has 0 amide bonds. The molecule has 0 aromatic rings. The molecule has 0 saturated heterocycles. The zero-order valence-corrected chi connectivity index (χ0v) is 17.1. The first kappa shape index (κ1) is 31.0. The standard InChI is InChI=1S/C4H9.3C3H8N.HN.Ta/c1-4(2)3;3*1-3-4-2;;/h1-3H3;3*3H2,1-2H3;1H;/q4*-1;;. The summed E-state index contributed by atoms with van der Waals surface area (Å²) in [5.41, 5.74) is 0. The van der Waals surface area contributed by atoms with Crippen molar-refractivity contribution in [3.63, 3.8) is 0 Å². The summed E-state index contributed by atoms with van der Waals surface area (Å²) in [5.74, 6) is 1.42. The maximum atomic E-state index is 5.86. The van der Waals surface area contributed by atoms with E-state index in [1.54, 1.807) is 21.1 Å². The molecule has 0 heterocycles. The van der Waals surface area contributed by atoms with E-state index in [0.29, 0.717) is 20.9 Å². The SMILES string of the molecule is CC[N-]C.CC[N-]C.CC[N-]C.C[C-](C)C.[NH]=[Ta]. The van der Waals surface area contributed by atoms with Crippen molar-refractivity contribution in [3.05, 3.63) is 21.9 Å². The molecule has 0 unspecified atom stereocenters. The predicted molar refractivity (Wildman–Crippen MR) is 82.5 cm³/mol. The predicted octanol–water partition coefficient (Wildman–Crippen LogP) is 4.95. The van der Waals surface area contributed by atoms with E-state index in [9.17, 15) is 0 Å². The second kappa shape index (κ2) is 52.9. The van der Waals surface area contributed by atoms with Crippen LogP contribution in [-0.4, -0.2) is 40.8 Å². The monoisotopic (exact) mass is 427 g/mol. The van der Waals surface area contributed by atoms with Crippen molar-refractivity contribution >= 4 is 0 Å². The molecule has 0 aromatic carbocycles. The summed E-state index contributed by atoms with van der Waals surface area (Å²) in [5, 5.41) is 11.2. The van der Waals surface area contributed by atoms with Crippen molar-refractivity contribution in [2.24, 2.45) is 0 Å². The minimum absolute atomic E-state index is 0.694. The van der Waals surface area contributed by atoms with Gasteiger partial charge in [-0.25, -0.2) is 0 Å². The van der Waals surface area contributed by atoms with Gasteiger partial charge in [-0.15, -0.1) is 0 Å². The summed E-state index contributed by atoms with van der Waals surface area (Å²) in [7, 11) is 5.42. The first-order valence-corrected chi connectivity index (χ1v) is 7.74. The molecule has 0 atom stereocenters. The molecule has 18 heavy (non-hydrogen) atoms. The molecule has 0 rings (SSSR count). The number of nitrogens with zero attached hydrogens (tertiary/aromatic N) is 3. The zero-order valence-electron chi connectivity index (χ0n) is 13.9. The number of hydrogen-bond acceptors (Lipinski definition) is 1. The molecule has 0 aromatic heterocycles. The second-order valence-electron chi connectivity index (χ2n) is 3.40. The van der Waals surface area contributed by atoms with Gasteiger partial charge in [0.05, 0.1) is 0 Å². The van der Waals surface area contributed by atoms with Crippen molar-refractivity contribution in [2.75, 3.05) is 40.8 Å². The normalized spacial score (nSPS) is 7.17. The molecule has 1 N–H and O–H groups in total. The summed E-state index contributed by atoms with van der Waals surface area (Å²) in [4.78, 5) is 0. The van der Waals surface area contributed by atoms with Crippen LogP contribution in [0.3, 0.4) is 0 Å². The molecule has 0 aliphatic heterocycles. The molecule has 0 radical (unpaired) electrons. The zero-order chi connectivity index (χ0) is 15.8. The van der Waals surface area contributed by atoms with E-state index >= 15 is 0 Å². The van der Waals surface area contributed by atoms with E-state index in [1.165, 1.54) is 5.92 Å². The summed E-state index contributed by atoms with van der Waals surface area (Å²) < 4.78 is 5.86. The van der Waals surface area contributed by atoms with Crippen LogP contribution in [-0.2, 0) is 20.9 Å². The maximum absolute atomic E-state index is 5.86. The van der Waals surface area contributed by atoms with Crippen LogP contribution in [0, 0.1) is 9.67 Å². The Morgan fingerprint density at radius 3 is 0.778 bits per heavy atom. The van der Waals surface area contributed by atoms with Crippen LogP contribution in [0.25, 0.3) is 16.0 Å². The van der Waals surface area contributed by atoms with E-state index in [2.05, 4.69) is 36.7 Å². The molecular formula is C13H34N4Ta-4. The third-order valence-corrected chi connectivity index (χ3v) is 0.949. The minimum atomic E-state index is 0.694. The Bertz CT molecular complexity index is 65.1. The van der Waals surface area contributed by atoms with E-state index < -0.39 is 0 Å². The van der Waals surface area contributed by atoms with Crippen LogP contribution < -0.4 is 0 Å². The van der Waals surface area contributed by atoms with Crippen LogP contribution in [0.1, 0.15) is 41.5 Å². The molecular weight excluding hydrogens is 393 g/mol. The summed E-state index contributed by atoms with van der Waals surface area (Å²) in [6.45, 7) is 15.1. The topological polar surface area (TPSA) is 66.2 Å². The van der Waals surface area contributed by atoms with Crippen LogP contribution in [0.15, 0.2) is 0 Å². The molecule has 0 fully saturated rings. The van der Waals surface area contributed by atoms with Gasteiger partial charge in [0.15, 0.2) is 0 Å². The fraction of sp³-hybridized carbons (Fsp3) is 0.923. The Labute approximate surface area is 129 Å². The van der Waals surface area contributed by atoms with Gasteiger partial charge >= 0.3 is 24.6 Å². The average molecular weight is 427 g/mol. The van der Waals surface area contributed by atoms with E-state index in [4.69, 9.17) is 3.76 Å². The number of rotatable bonds is 3. The van der Waals surface area contributed by atoms with Crippen LogP contribution in [0.2, 0.25) is 0 Å². The molecule has 0 saturated carbocycles. The molecule has 4 nitrogen and oxygen atoms in total. The fourth-order valence-electron chi connectivity index (χ4n) is 0. The Kier molecular flexibility index (Phi) is 91.3. The molecule has 115 valence electrons. The van der Waals surface area contributed by atoms with Crippen molar-refractivity contribution < 1.29 is 20.9 Å². The van der Waals surface area contributed by atoms with Gasteiger partial charge < -0.3 is 21.9 Å². The van der Waals surface area contributed by atoms with Gasteiger partial charge in [0.2, 0.25) is 0 Å². The summed E-state index contributed by atoms with van der Waals surface area (Å²) >= 11 is 0.694. The Balaban J connectivity index is -0.0000000399. The Hall–Kier alpha value is 0.420. The summed E-state index contributed by atoms with van der Waals surface area (Å²) in [6.07, 6.45) is 0. The molecule has 0 aliphatic carbocycles. The van der Waals surface area contributed by atoms with Gasteiger partial charge in [0.1, 0.15) is 0 Å². The number of nitrogens with one attached hydrogen (secondary N) is 1. The Morgan fingerprint density at radius 2 is 0.778 bits per heavy atom. The molecule has 5 heteroatoms. The first-order valence-electron chi connectivity index (χ1n) is 6.14. The second-order valence-corrected chi connectivity index (χ2v) is 3.40. The van der Waals surface area contributed by atoms with Gasteiger partial charge in [-0.2, -0.15) is 61.5 Å². The summed E-state index contributed by atoms with van der Waals surface area (Å²) in [6, 6.07) is 0.